The molecule has 0 bridgehead atoms. The minimum Gasteiger partial charge on any atom is -0.495 e. The number of carbonyl (C=O) groups excluding carboxylic acids is 1. The second-order valence-electron chi connectivity index (χ2n) is 6.55. The van der Waals surface area contributed by atoms with Crippen LogP contribution in [0.25, 0.3) is 0 Å². The standard InChI is InChI=1S/C18H26N2O3/c1-23-17-8-3-2-6-15(17)19-13-9-11-20(12-10-13)18(22)14-5-4-7-16(14)21/h2-3,6,8,13-14,16,19,21H,4-5,7,9-12H2,1H3. The van der Waals surface area contributed by atoms with Crippen molar-refractivity contribution < 1.29 is 14.6 Å². The van der Waals surface area contributed by atoms with E-state index in [9.17, 15) is 9.90 Å². The fraction of sp³-hybridized carbons (Fsp3) is 0.611. The van der Waals surface area contributed by atoms with Gasteiger partial charge in [0.1, 0.15) is 5.75 Å². The van der Waals surface area contributed by atoms with Gasteiger partial charge < -0.3 is 20.1 Å². The lowest BCUT2D eigenvalue weighted by atomic mass is 9.99. The third-order valence-electron chi connectivity index (χ3n) is 5.07. The maximum Gasteiger partial charge on any atom is 0.228 e. The van der Waals surface area contributed by atoms with Crippen LogP contribution >= 0.6 is 0 Å². The van der Waals surface area contributed by atoms with Crippen molar-refractivity contribution >= 4 is 11.6 Å². The number of aliphatic hydroxyl groups excluding tert-OH is 1. The van der Waals surface area contributed by atoms with Gasteiger partial charge in [-0.05, 0) is 44.2 Å². The molecule has 2 fully saturated rings. The number of ether oxygens (including phenoxy) is 1. The molecule has 0 aromatic heterocycles. The van der Waals surface area contributed by atoms with Crippen molar-refractivity contribution in [2.45, 2.75) is 44.2 Å². The molecule has 1 saturated heterocycles. The Hall–Kier alpha value is -1.75. The summed E-state index contributed by atoms with van der Waals surface area (Å²) >= 11 is 0. The molecule has 1 amide bonds. The van der Waals surface area contributed by atoms with Gasteiger partial charge in [0, 0.05) is 19.1 Å². The van der Waals surface area contributed by atoms with Crippen LogP contribution < -0.4 is 10.1 Å². The Morgan fingerprint density at radius 2 is 1.96 bits per heavy atom. The largest absolute Gasteiger partial charge is 0.495 e. The fourth-order valence-corrected chi connectivity index (χ4v) is 3.69. The van der Waals surface area contributed by atoms with Crippen LogP contribution in [0.3, 0.4) is 0 Å². The van der Waals surface area contributed by atoms with Crippen LogP contribution in [0, 0.1) is 5.92 Å². The molecule has 5 heteroatoms. The Morgan fingerprint density at radius 1 is 1.22 bits per heavy atom. The Labute approximate surface area is 137 Å². The second-order valence-corrected chi connectivity index (χ2v) is 6.55. The van der Waals surface area contributed by atoms with Crippen LogP contribution in [-0.2, 0) is 4.79 Å². The highest BCUT2D eigenvalue weighted by Gasteiger charge is 2.35. The molecule has 3 rings (SSSR count). The maximum absolute atomic E-state index is 12.5. The van der Waals surface area contributed by atoms with Crippen LogP contribution in [0.15, 0.2) is 24.3 Å². The summed E-state index contributed by atoms with van der Waals surface area (Å²) in [7, 11) is 1.68. The highest BCUT2D eigenvalue weighted by atomic mass is 16.5. The zero-order chi connectivity index (χ0) is 16.2. The van der Waals surface area contributed by atoms with Gasteiger partial charge in [0.05, 0.1) is 24.8 Å². The summed E-state index contributed by atoms with van der Waals surface area (Å²) in [5.74, 6) is 0.819. The summed E-state index contributed by atoms with van der Waals surface area (Å²) < 4.78 is 5.37. The first-order chi connectivity index (χ1) is 11.2. The number of hydrogen-bond donors (Lipinski definition) is 2. The molecule has 0 radical (unpaired) electrons. The van der Waals surface area contributed by atoms with Gasteiger partial charge in [-0.3, -0.25) is 4.79 Å². The zero-order valence-corrected chi connectivity index (χ0v) is 13.7. The van der Waals surface area contributed by atoms with E-state index >= 15 is 0 Å². The predicted octanol–water partition coefficient (Wildman–Crippen LogP) is 2.26. The molecule has 1 aliphatic carbocycles. The van der Waals surface area contributed by atoms with Gasteiger partial charge in [0.25, 0.3) is 0 Å². The number of para-hydroxylation sites is 2. The summed E-state index contributed by atoms with van der Waals surface area (Å²) in [6, 6.07) is 8.26. The fourth-order valence-electron chi connectivity index (χ4n) is 3.69. The molecular weight excluding hydrogens is 292 g/mol. The average molecular weight is 318 g/mol. The van der Waals surface area contributed by atoms with E-state index in [-0.39, 0.29) is 11.8 Å². The smallest absolute Gasteiger partial charge is 0.228 e. The first-order valence-electron chi connectivity index (χ1n) is 8.55. The third-order valence-corrected chi connectivity index (χ3v) is 5.07. The van der Waals surface area contributed by atoms with E-state index in [2.05, 4.69) is 5.32 Å². The van der Waals surface area contributed by atoms with Gasteiger partial charge in [-0.2, -0.15) is 0 Å². The first kappa shape index (κ1) is 16.1. The topological polar surface area (TPSA) is 61.8 Å². The van der Waals surface area contributed by atoms with Crippen molar-refractivity contribution in [2.75, 3.05) is 25.5 Å². The van der Waals surface area contributed by atoms with E-state index in [4.69, 9.17) is 4.74 Å². The molecule has 0 spiro atoms. The van der Waals surface area contributed by atoms with Gasteiger partial charge in [-0.25, -0.2) is 0 Å². The van der Waals surface area contributed by atoms with Crippen LogP contribution in [0.1, 0.15) is 32.1 Å². The average Bonchev–Trinajstić information content (AvgIpc) is 3.01. The predicted molar refractivity (Wildman–Crippen MR) is 89.6 cm³/mol. The molecule has 126 valence electrons. The second kappa shape index (κ2) is 7.21. The maximum atomic E-state index is 12.5. The van der Waals surface area contributed by atoms with E-state index < -0.39 is 6.10 Å². The molecule has 5 nitrogen and oxygen atoms in total. The quantitative estimate of drug-likeness (QED) is 0.894. The van der Waals surface area contributed by atoms with Crippen molar-refractivity contribution in [1.29, 1.82) is 0 Å². The van der Waals surface area contributed by atoms with Gasteiger partial charge in [-0.1, -0.05) is 12.1 Å². The van der Waals surface area contributed by atoms with E-state index in [1.807, 2.05) is 29.2 Å². The molecule has 1 heterocycles. The van der Waals surface area contributed by atoms with E-state index in [0.29, 0.717) is 6.04 Å². The number of amides is 1. The number of nitrogens with one attached hydrogen (secondary N) is 1. The highest BCUT2D eigenvalue weighted by molar-refractivity contribution is 5.79. The minimum absolute atomic E-state index is 0.144. The number of carbonyl (C=O) groups is 1. The number of nitrogens with zero attached hydrogens (tertiary/aromatic N) is 1. The number of piperidine rings is 1. The number of anilines is 1. The van der Waals surface area contributed by atoms with Crippen molar-refractivity contribution in [3.63, 3.8) is 0 Å². The van der Waals surface area contributed by atoms with Gasteiger partial charge in [0.15, 0.2) is 0 Å². The van der Waals surface area contributed by atoms with Crippen molar-refractivity contribution in [3.8, 4) is 5.75 Å². The third kappa shape index (κ3) is 3.61. The van der Waals surface area contributed by atoms with Gasteiger partial charge in [-0.15, -0.1) is 0 Å². The lowest BCUT2D eigenvalue weighted by Gasteiger charge is -2.35. The zero-order valence-electron chi connectivity index (χ0n) is 13.7. The number of methoxy groups -OCH3 is 1. The molecule has 23 heavy (non-hydrogen) atoms. The molecule has 2 atom stereocenters. The van der Waals surface area contributed by atoms with Crippen LogP contribution in [0.2, 0.25) is 0 Å². The van der Waals surface area contributed by atoms with Crippen molar-refractivity contribution in [1.82, 2.24) is 4.90 Å². The van der Waals surface area contributed by atoms with E-state index in [1.54, 1.807) is 7.11 Å². The summed E-state index contributed by atoms with van der Waals surface area (Å²) in [4.78, 5) is 14.4. The lowest BCUT2D eigenvalue weighted by Crippen LogP contribution is -2.46. The van der Waals surface area contributed by atoms with Gasteiger partial charge >= 0.3 is 0 Å². The molecule has 1 aliphatic heterocycles. The Balaban J connectivity index is 1.53. The molecule has 2 aliphatic rings. The highest BCUT2D eigenvalue weighted by Crippen LogP contribution is 2.29. The SMILES string of the molecule is COc1ccccc1NC1CCN(C(=O)C2CCCC2O)CC1. The molecule has 1 aromatic carbocycles. The Kier molecular flexibility index (Phi) is 5.06. The van der Waals surface area contributed by atoms with Crippen LogP contribution in [0.5, 0.6) is 5.75 Å². The van der Waals surface area contributed by atoms with Crippen LogP contribution in [-0.4, -0.2) is 48.3 Å². The lowest BCUT2D eigenvalue weighted by molar-refractivity contribution is -0.139. The summed E-state index contributed by atoms with van der Waals surface area (Å²) in [5, 5.41) is 13.4. The summed E-state index contributed by atoms with van der Waals surface area (Å²) in [6.45, 7) is 1.52. The monoisotopic (exact) mass is 318 g/mol. The number of rotatable bonds is 4. The van der Waals surface area contributed by atoms with Crippen molar-refractivity contribution in [3.05, 3.63) is 24.3 Å². The molecular formula is C18H26N2O3. The number of likely N-dealkylation sites (tertiary alicyclic amines) is 1. The molecule has 2 unspecified atom stereocenters. The summed E-state index contributed by atoms with van der Waals surface area (Å²) in [6.07, 6.45) is 3.97. The van der Waals surface area contributed by atoms with Crippen LogP contribution in [0.4, 0.5) is 5.69 Å². The molecule has 1 saturated carbocycles. The van der Waals surface area contributed by atoms with E-state index in [1.165, 1.54) is 0 Å². The van der Waals surface area contributed by atoms with Crippen molar-refractivity contribution in [2.24, 2.45) is 5.92 Å². The molecule has 1 aromatic rings. The Bertz CT molecular complexity index is 541. The normalized spacial score (nSPS) is 25.4. The van der Waals surface area contributed by atoms with E-state index in [0.717, 1.165) is 56.6 Å². The minimum atomic E-state index is -0.438. The first-order valence-corrected chi connectivity index (χ1v) is 8.55. The molecule has 2 N–H and O–H groups in total. The summed E-state index contributed by atoms with van der Waals surface area (Å²) in [5.41, 5.74) is 1.01. The number of benzene rings is 1. The number of aliphatic hydroxyl groups is 1. The Morgan fingerprint density at radius 3 is 2.61 bits per heavy atom. The number of hydrogen-bond acceptors (Lipinski definition) is 4. The van der Waals surface area contributed by atoms with Gasteiger partial charge in [0.2, 0.25) is 5.91 Å².